The van der Waals surface area contributed by atoms with Crippen LogP contribution in [0.2, 0.25) is 0 Å². The van der Waals surface area contributed by atoms with Gasteiger partial charge in [-0.05, 0) is 58.1 Å². The number of benzene rings is 1. The van der Waals surface area contributed by atoms with Crippen molar-refractivity contribution >= 4 is 0 Å². The summed E-state index contributed by atoms with van der Waals surface area (Å²) in [4.78, 5) is 4.64. The number of likely N-dealkylation sites (N-methyl/N-ethyl adjacent to an activating group) is 1. The normalized spacial score (nSPS) is 18.1. The molecule has 1 aliphatic rings. The van der Waals surface area contributed by atoms with Gasteiger partial charge >= 0.3 is 0 Å². The van der Waals surface area contributed by atoms with Crippen LogP contribution in [0.3, 0.4) is 0 Å². The lowest BCUT2D eigenvalue weighted by atomic mass is 10.0. The molecule has 0 saturated carbocycles. The predicted molar refractivity (Wildman–Crippen MR) is 95.0 cm³/mol. The van der Waals surface area contributed by atoms with Crippen molar-refractivity contribution in [1.82, 2.24) is 9.80 Å². The van der Waals surface area contributed by atoms with Gasteiger partial charge in [0.2, 0.25) is 0 Å². The summed E-state index contributed by atoms with van der Waals surface area (Å²) in [5.74, 6) is 0.841. The third-order valence-electron chi connectivity index (χ3n) is 4.58. The van der Waals surface area contributed by atoms with Crippen LogP contribution in [0.15, 0.2) is 36.9 Å². The summed E-state index contributed by atoms with van der Waals surface area (Å²) in [5, 5.41) is 10.3. The zero-order valence-electron chi connectivity index (χ0n) is 14.4. The number of likely N-dealkylation sites (tertiary alicyclic amines) is 1. The Balaban J connectivity index is 1.78. The molecule has 1 unspecified atom stereocenters. The highest BCUT2D eigenvalue weighted by molar-refractivity contribution is 5.34. The van der Waals surface area contributed by atoms with E-state index in [1.807, 2.05) is 30.3 Å². The molecule has 0 amide bonds. The summed E-state index contributed by atoms with van der Waals surface area (Å²) in [6.45, 7) is 7.02. The number of hydrogen-bond acceptors (Lipinski definition) is 4. The maximum Gasteiger partial charge on any atom is 0.122 e. The minimum absolute atomic E-state index is 0.325. The van der Waals surface area contributed by atoms with Crippen LogP contribution >= 0.6 is 0 Å². The molecule has 1 aromatic carbocycles. The van der Waals surface area contributed by atoms with Crippen LogP contribution in [0.25, 0.3) is 0 Å². The largest absolute Gasteiger partial charge is 0.491 e. The molecule has 1 heterocycles. The van der Waals surface area contributed by atoms with Crippen molar-refractivity contribution in [2.45, 2.75) is 31.4 Å². The van der Waals surface area contributed by atoms with Gasteiger partial charge in [-0.1, -0.05) is 24.3 Å². The van der Waals surface area contributed by atoms with Crippen LogP contribution in [0.5, 0.6) is 5.75 Å². The number of hydrogen-bond donors (Lipinski definition) is 1. The fourth-order valence-corrected chi connectivity index (χ4v) is 3.12. The van der Waals surface area contributed by atoms with Crippen molar-refractivity contribution in [2.24, 2.45) is 0 Å². The Morgan fingerprint density at radius 3 is 2.78 bits per heavy atom. The van der Waals surface area contributed by atoms with Gasteiger partial charge in [-0.15, -0.1) is 6.58 Å². The number of piperidine rings is 1. The first-order valence-corrected chi connectivity index (χ1v) is 8.48. The van der Waals surface area contributed by atoms with E-state index in [-0.39, 0.29) is 0 Å². The molecule has 0 aromatic heterocycles. The fourth-order valence-electron chi connectivity index (χ4n) is 3.12. The second kappa shape index (κ2) is 9.06. The summed E-state index contributed by atoms with van der Waals surface area (Å²) in [7, 11) is 4.27. The van der Waals surface area contributed by atoms with Crippen LogP contribution in [-0.2, 0) is 6.42 Å². The molecule has 0 spiro atoms. The smallest absolute Gasteiger partial charge is 0.122 e. The summed E-state index contributed by atoms with van der Waals surface area (Å²) in [6, 6.07) is 8.50. The zero-order chi connectivity index (χ0) is 16.7. The summed E-state index contributed by atoms with van der Waals surface area (Å²) in [6.07, 6.45) is 4.51. The van der Waals surface area contributed by atoms with E-state index >= 15 is 0 Å². The van der Waals surface area contributed by atoms with Crippen LogP contribution in [0.4, 0.5) is 0 Å². The second-order valence-corrected chi connectivity index (χ2v) is 6.54. The minimum atomic E-state index is -0.476. The zero-order valence-corrected chi connectivity index (χ0v) is 14.4. The van der Waals surface area contributed by atoms with Crippen LogP contribution in [-0.4, -0.2) is 67.4 Å². The Morgan fingerprint density at radius 2 is 2.09 bits per heavy atom. The van der Waals surface area contributed by atoms with E-state index in [0.717, 1.165) is 30.8 Å². The molecule has 1 aliphatic heterocycles. The van der Waals surface area contributed by atoms with Crippen LogP contribution < -0.4 is 4.74 Å². The lowest BCUT2D eigenvalue weighted by molar-refractivity contribution is 0.0496. The van der Waals surface area contributed by atoms with E-state index in [4.69, 9.17) is 4.74 Å². The van der Waals surface area contributed by atoms with Gasteiger partial charge in [-0.2, -0.15) is 0 Å². The van der Waals surface area contributed by atoms with E-state index in [1.54, 1.807) is 0 Å². The van der Waals surface area contributed by atoms with E-state index in [9.17, 15) is 5.11 Å². The van der Waals surface area contributed by atoms with E-state index < -0.39 is 6.10 Å². The number of aliphatic hydroxyl groups excluding tert-OH is 1. The molecule has 1 fully saturated rings. The fraction of sp³-hybridized carbons (Fsp3) is 0.579. The van der Waals surface area contributed by atoms with Gasteiger partial charge in [-0.25, -0.2) is 0 Å². The Hall–Kier alpha value is -1.36. The average molecular weight is 318 g/mol. The molecule has 0 aliphatic carbocycles. The quantitative estimate of drug-likeness (QED) is 0.745. The van der Waals surface area contributed by atoms with Gasteiger partial charge in [-0.3, -0.25) is 0 Å². The third kappa shape index (κ3) is 5.65. The first kappa shape index (κ1) is 18.0. The summed E-state index contributed by atoms with van der Waals surface area (Å²) in [5.41, 5.74) is 1.11. The number of para-hydroxylation sites is 1. The molecule has 0 bridgehead atoms. The van der Waals surface area contributed by atoms with Gasteiger partial charge in [0, 0.05) is 12.6 Å². The lowest BCUT2D eigenvalue weighted by Gasteiger charge is -2.35. The molecular formula is C19H30N2O2. The average Bonchev–Trinajstić information content (AvgIpc) is 2.55. The standard InChI is InChI=1S/C19H30N2O2/c1-4-7-16-8-5-6-9-19(16)23-15-18(22)14-21(3)17-10-12-20(2)13-11-17/h4-6,8-9,17-18,22H,1,7,10-15H2,2-3H3. The molecule has 128 valence electrons. The number of nitrogens with zero attached hydrogens (tertiary/aromatic N) is 2. The SMILES string of the molecule is C=CCc1ccccc1OCC(O)CN(C)C1CCN(C)CC1. The van der Waals surface area contributed by atoms with E-state index in [0.29, 0.717) is 19.2 Å². The molecular weight excluding hydrogens is 288 g/mol. The topological polar surface area (TPSA) is 35.9 Å². The van der Waals surface area contributed by atoms with Crippen LogP contribution in [0, 0.1) is 0 Å². The molecule has 4 nitrogen and oxygen atoms in total. The molecule has 23 heavy (non-hydrogen) atoms. The highest BCUT2D eigenvalue weighted by atomic mass is 16.5. The number of aliphatic hydroxyl groups is 1. The number of allylic oxidation sites excluding steroid dienone is 1. The van der Waals surface area contributed by atoms with Gasteiger partial charge in [0.1, 0.15) is 18.5 Å². The van der Waals surface area contributed by atoms with E-state index in [1.165, 1.54) is 12.8 Å². The first-order valence-electron chi connectivity index (χ1n) is 8.48. The number of rotatable bonds is 8. The second-order valence-electron chi connectivity index (χ2n) is 6.54. The number of ether oxygens (including phenoxy) is 1. The molecule has 1 atom stereocenters. The van der Waals surface area contributed by atoms with E-state index in [2.05, 4.69) is 30.5 Å². The highest BCUT2D eigenvalue weighted by Gasteiger charge is 2.22. The van der Waals surface area contributed by atoms with Crippen molar-refractivity contribution in [1.29, 1.82) is 0 Å². The van der Waals surface area contributed by atoms with Crippen molar-refractivity contribution < 1.29 is 9.84 Å². The minimum Gasteiger partial charge on any atom is -0.491 e. The monoisotopic (exact) mass is 318 g/mol. The van der Waals surface area contributed by atoms with Gasteiger partial charge in [0.15, 0.2) is 0 Å². The molecule has 1 saturated heterocycles. The van der Waals surface area contributed by atoms with Gasteiger partial charge < -0.3 is 19.6 Å². The Labute approximate surface area is 140 Å². The molecule has 4 heteroatoms. The summed E-state index contributed by atoms with van der Waals surface area (Å²) < 4.78 is 5.82. The molecule has 1 N–H and O–H groups in total. The maximum atomic E-state index is 10.3. The van der Waals surface area contributed by atoms with Crippen molar-refractivity contribution in [2.75, 3.05) is 40.3 Å². The Morgan fingerprint density at radius 1 is 1.39 bits per heavy atom. The maximum absolute atomic E-state index is 10.3. The highest BCUT2D eigenvalue weighted by Crippen LogP contribution is 2.19. The molecule has 2 rings (SSSR count). The Kier molecular flexibility index (Phi) is 7.09. The van der Waals surface area contributed by atoms with Crippen molar-refractivity contribution in [3.63, 3.8) is 0 Å². The Bertz CT molecular complexity index is 484. The van der Waals surface area contributed by atoms with Gasteiger partial charge in [0.05, 0.1) is 0 Å². The third-order valence-corrected chi connectivity index (χ3v) is 4.58. The van der Waals surface area contributed by atoms with Crippen molar-refractivity contribution in [3.05, 3.63) is 42.5 Å². The predicted octanol–water partition coefficient (Wildman–Crippen LogP) is 2.18. The summed E-state index contributed by atoms with van der Waals surface area (Å²) >= 11 is 0. The lowest BCUT2D eigenvalue weighted by Crippen LogP contribution is -2.45. The molecule has 0 radical (unpaired) electrons. The van der Waals surface area contributed by atoms with Crippen molar-refractivity contribution in [3.8, 4) is 5.75 Å². The van der Waals surface area contributed by atoms with Gasteiger partial charge in [0.25, 0.3) is 0 Å². The molecule has 1 aromatic rings. The van der Waals surface area contributed by atoms with Crippen LogP contribution in [0.1, 0.15) is 18.4 Å². The first-order chi connectivity index (χ1) is 11.1.